The van der Waals surface area contributed by atoms with Gasteiger partial charge in [-0.2, -0.15) is 0 Å². The molecular weight excluding hydrogens is 323 g/mol. The van der Waals surface area contributed by atoms with Crippen molar-refractivity contribution in [2.75, 3.05) is 65.4 Å². The number of hydrogen-bond donors (Lipinski definition) is 0. The molecular formula is C18H31FN4O2. The number of aromatic nitrogens is 1. The van der Waals surface area contributed by atoms with Gasteiger partial charge in [-0.25, -0.2) is 9.37 Å². The first-order valence-electron chi connectivity index (χ1n) is 8.95. The van der Waals surface area contributed by atoms with Gasteiger partial charge in [0.15, 0.2) is 11.6 Å². The van der Waals surface area contributed by atoms with Crippen molar-refractivity contribution in [2.24, 2.45) is 0 Å². The Bertz CT molecular complexity index is 532. The van der Waals surface area contributed by atoms with Crippen molar-refractivity contribution in [3.05, 3.63) is 23.6 Å². The van der Waals surface area contributed by atoms with E-state index >= 15 is 0 Å². The number of hydrogen-bond acceptors (Lipinski definition) is 6. The predicted octanol–water partition coefficient (Wildman–Crippen LogP) is 1.97. The third-order valence-electron chi connectivity index (χ3n) is 4.41. The fourth-order valence-electron chi connectivity index (χ4n) is 2.77. The summed E-state index contributed by atoms with van der Waals surface area (Å²) in [7, 11) is 6.25. The first kappa shape index (κ1) is 20.0. The maximum Gasteiger partial charge on any atom is 0.201 e. The molecule has 0 aliphatic carbocycles. The van der Waals surface area contributed by atoms with Crippen LogP contribution in [0.2, 0.25) is 0 Å². The summed E-state index contributed by atoms with van der Waals surface area (Å²) in [5, 5.41) is 0. The summed E-state index contributed by atoms with van der Waals surface area (Å²) < 4.78 is 25.4. The minimum Gasteiger partial charge on any atom is -0.351 e. The molecule has 1 saturated heterocycles. The van der Waals surface area contributed by atoms with Crippen molar-refractivity contribution in [3.63, 3.8) is 0 Å². The number of nitrogens with zero attached hydrogens (tertiary/aromatic N) is 4. The summed E-state index contributed by atoms with van der Waals surface area (Å²) in [6.45, 7) is 8.41. The molecule has 0 atom stereocenters. The highest BCUT2D eigenvalue weighted by Gasteiger charge is 2.32. The van der Waals surface area contributed by atoms with E-state index in [2.05, 4.69) is 35.9 Å². The predicted molar refractivity (Wildman–Crippen MR) is 97.4 cm³/mol. The molecule has 1 aliphatic heterocycles. The summed E-state index contributed by atoms with van der Waals surface area (Å²) in [6, 6.07) is 3.51. The topological polar surface area (TPSA) is 41.1 Å². The van der Waals surface area contributed by atoms with E-state index in [0.717, 1.165) is 26.2 Å². The quantitative estimate of drug-likeness (QED) is 0.599. The monoisotopic (exact) mass is 354 g/mol. The Morgan fingerprint density at radius 1 is 1.16 bits per heavy atom. The smallest absolute Gasteiger partial charge is 0.201 e. The van der Waals surface area contributed by atoms with Gasteiger partial charge in [-0.05, 0) is 47.1 Å². The molecule has 142 valence electrons. The van der Waals surface area contributed by atoms with Gasteiger partial charge < -0.3 is 19.3 Å². The Kier molecular flexibility index (Phi) is 7.56. The van der Waals surface area contributed by atoms with Crippen LogP contribution >= 0.6 is 0 Å². The van der Waals surface area contributed by atoms with Gasteiger partial charge in [0.05, 0.1) is 5.69 Å². The largest absolute Gasteiger partial charge is 0.351 e. The highest BCUT2D eigenvalue weighted by atomic mass is 19.1. The van der Waals surface area contributed by atoms with E-state index in [-0.39, 0.29) is 5.82 Å². The van der Waals surface area contributed by atoms with Crippen LogP contribution in [0.5, 0.6) is 0 Å². The third kappa shape index (κ3) is 5.34. The Labute approximate surface area is 150 Å². The maximum atomic E-state index is 14.3. The van der Waals surface area contributed by atoms with E-state index in [0.29, 0.717) is 30.8 Å². The van der Waals surface area contributed by atoms with E-state index in [1.54, 1.807) is 6.07 Å². The molecule has 0 spiro atoms. The molecule has 0 N–H and O–H groups in total. The van der Waals surface area contributed by atoms with Gasteiger partial charge in [-0.1, -0.05) is 0 Å². The fraction of sp³-hybridized carbons (Fsp3) is 0.722. The van der Waals surface area contributed by atoms with Crippen LogP contribution in [0.4, 0.5) is 10.2 Å². The fourth-order valence-corrected chi connectivity index (χ4v) is 2.77. The second-order valence-corrected chi connectivity index (χ2v) is 6.63. The van der Waals surface area contributed by atoms with E-state index in [1.807, 2.05) is 18.7 Å². The number of likely N-dealkylation sites (N-methyl/N-ethyl adjacent to an activating group) is 2. The summed E-state index contributed by atoms with van der Waals surface area (Å²) >= 11 is 0. The van der Waals surface area contributed by atoms with Crippen molar-refractivity contribution in [3.8, 4) is 0 Å². The number of anilines is 1. The van der Waals surface area contributed by atoms with E-state index < -0.39 is 6.29 Å². The van der Waals surface area contributed by atoms with Crippen molar-refractivity contribution in [1.82, 2.24) is 14.8 Å². The van der Waals surface area contributed by atoms with Gasteiger partial charge in [0.1, 0.15) is 0 Å². The molecule has 1 fully saturated rings. The molecule has 1 aromatic rings. The molecule has 0 amide bonds. The molecule has 6 nitrogen and oxygen atoms in total. The van der Waals surface area contributed by atoms with Gasteiger partial charge in [0.25, 0.3) is 0 Å². The lowest BCUT2D eigenvalue weighted by molar-refractivity contribution is -0.142. The standard InChI is InChI=1S/C18H31FN4O2/c1-6-24-18(25-7-2)16-9-8-15(19)17(20-16)23-12-14(13-23)22(5)11-10-21(3)4/h8-9,14,18H,6-7,10-13H2,1-5H3. The lowest BCUT2D eigenvalue weighted by Gasteiger charge is -2.45. The number of pyridine rings is 1. The highest BCUT2D eigenvalue weighted by Crippen LogP contribution is 2.27. The molecule has 0 unspecified atom stereocenters. The summed E-state index contributed by atoms with van der Waals surface area (Å²) in [5.41, 5.74) is 0.615. The molecule has 1 aliphatic rings. The van der Waals surface area contributed by atoms with Crippen LogP contribution in [0.25, 0.3) is 0 Å². The second-order valence-electron chi connectivity index (χ2n) is 6.63. The van der Waals surface area contributed by atoms with Gasteiger partial charge >= 0.3 is 0 Å². The third-order valence-corrected chi connectivity index (χ3v) is 4.41. The average molecular weight is 354 g/mol. The zero-order chi connectivity index (χ0) is 18.4. The van der Waals surface area contributed by atoms with Gasteiger partial charge in [-0.15, -0.1) is 0 Å². The molecule has 25 heavy (non-hydrogen) atoms. The zero-order valence-electron chi connectivity index (χ0n) is 16.0. The van der Waals surface area contributed by atoms with Gasteiger partial charge in [-0.3, -0.25) is 4.90 Å². The highest BCUT2D eigenvalue weighted by molar-refractivity contribution is 5.45. The lowest BCUT2D eigenvalue weighted by Crippen LogP contribution is -2.59. The number of ether oxygens (including phenoxy) is 2. The normalized spacial score (nSPS) is 15.5. The first-order valence-corrected chi connectivity index (χ1v) is 8.95. The molecule has 0 saturated carbocycles. The Balaban J connectivity index is 1.99. The molecule has 0 bridgehead atoms. The minimum absolute atomic E-state index is 0.301. The maximum absolute atomic E-state index is 14.3. The molecule has 7 heteroatoms. The Morgan fingerprint density at radius 3 is 2.36 bits per heavy atom. The van der Waals surface area contributed by atoms with E-state index in [4.69, 9.17) is 9.47 Å². The van der Waals surface area contributed by atoms with Crippen molar-refractivity contribution < 1.29 is 13.9 Å². The molecule has 2 heterocycles. The van der Waals surface area contributed by atoms with E-state index in [1.165, 1.54) is 6.07 Å². The second kappa shape index (κ2) is 9.43. The van der Waals surface area contributed by atoms with Crippen molar-refractivity contribution in [2.45, 2.75) is 26.2 Å². The number of halogens is 1. The van der Waals surface area contributed by atoms with Gasteiger partial charge in [0.2, 0.25) is 6.29 Å². The molecule has 0 radical (unpaired) electrons. The molecule has 1 aromatic heterocycles. The lowest BCUT2D eigenvalue weighted by atomic mass is 10.1. The van der Waals surface area contributed by atoms with Crippen LogP contribution in [0.3, 0.4) is 0 Å². The first-order chi connectivity index (χ1) is 12.0. The van der Waals surface area contributed by atoms with Crippen LogP contribution in [-0.4, -0.2) is 81.4 Å². The van der Waals surface area contributed by atoms with Crippen LogP contribution < -0.4 is 4.90 Å². The van der Waals surface area contributed by atoms with Crippen molar-refractivity contribution >= 4 is 5.82 Å². The van der Waals surface area contributed by atoms with Crippen LogP contribution in [0, 0.1) is 5.82 Å². The minimum atomic E-state index is -0.547. The van der Waals surface area contributed by atoms with E-state index in [9.17, 15) is 4.39 Å². The Morgan fingerprint density at radius 2 is 1.80 bits per heavy atom. The number of rotatable bonds is 10. The van der Waals surface area contributed by atoms with Crippen LogP contribution in [-0.2, 0) is 9.47 Å². The molecule has 0 aromatic carbocycles. The average Bonchev–Trinajstić information content (AvgIpc) is 2.53. The van der Waals surface area contributed by atoms with Crippen LogP contribution in [0.15, 0.2) is 12.1 Å². The zero-order valence-corrected chi connectivity index (χ0v) is 16.0. The SMILES string of the molecule is CCOC(OCC)c1ccc(F)c(N2CC(N(C)CCN(C)C)C2)n1. The van der Waals surface area contributed by atoms with Gasteiger partial charge in [0, 0.05) is 45.4 Å². The summed E-state index contributed by atoms with van der Waals surface area (Å²) in [6.07, 6.45) is -0.547. The molecule has 2 rings (SSSR count). The van der Waals surface area contributed by atoms with Crippen molar-refractivity contribution in [1.29, 1.82) is 0 Å². The Hall–Kier alpha value is -1.28. The summed E-state index contributed by atoms with van der Waals surface area (Å²) in [5.74, 6) is 0.0871. The van der Waals surface area contributed by atoms with Crippen LogP contribution in [0.1, 0.15) is 25.8 Å². The summed E-state index contributed by atoms with van der Waals surface area (Å²) in [4.78, 5) is 10.9.